The molecule has 0 bridgehead atoms. The van der Waals surface area contributed by atoms with E-state index in [9.17, 15) is 4.79 Å². The molecule has 23 heavy (non-hydrogen) atoms. The quantitative estimate of drug-likeness (QED) is 0.768. The maximum atomic E-state index is 11.6. The number of hydrogen-bond acceptors (Lipinski definition) is 6. The number of fused-ring (bicyclic) bond motifs is 1. The van der Waals surface area contributed by atoms with Crippen molar-refractivity contribution in [3.63, 3.8) is 0 Å². The Kier molecular flexibility index (Phi) is 2.96. The third-order valence-electron chi connectivity index (χ3n) is 4.17. The second-order valence-electron chi connectivity index (χ2n) is 5.94. The fourth-order valence-corrected chi connectivity index (χ4v) is 3.57. The van der Waals surface area contributed by atoms with Gasteiger partial charge in [-0.1, -0.05) is 0 Å². The Bertz CT molecular complexity index is 933. The predicted molar refractivity (Wildman–Crippen MR) is 89.5 cm³/mol. The van der Waals surface area contributed by atoms with Gasteiger partial charge in [-0.3, -0.25) is 4.79 Å². The van der Waals surface area contributed by atoms with Crippen LogP contribution in [0.3, 0.4) is 0 Å². The van der Waals surface area contributed by atoms with Crippen molar-refractivity contribution in [2.24, 2.45) is 5.73 Å². The van der Waals surface area contributed by atoms with Gasteiger partial charge in [0.05, 0.1) is 11.1 Å². The van der Waals surface area contributed by atoms with Gasteiger partial charge in [0.25, 0.3) is 5.91 Å². The summed E-state index contributed by atoms with van der Waals surface area (Å²) in [6, 6.07) is 1.94. The molecule has 1 aliphatic rings. The van der Waals surface area contributed by atoms with Crippen LogP contribution in [0.2, 0.25) is 0 Å². The minimum absolute atomic E-state index is 0.323. The van der Waals surface area contributed by atoms with Crippen LogP contribution in [0.25, 0.3) is 21.7 Å². The van der Waals surface area contributed by atoms with Crippen LogP contribution in [0.15, 0.2) is 10.5 Å². The highest BCUT2D eigenvalue weighted by molar-refractivity contribution is 7.21. The average molecular weight is 328 g/mol. The Morgan fingerprint density at radius 3 is 2.65 bits per heavy atom. The third kappa shape index (κ3) is 2.19. The molecular formula is C16H16N4O2S. The average Bonchev–Trinajstić information content (AvgIpc) is 3.23. The van der Waals surface area contributed by atoms with E-state index in [1.54, 1.807) is 0 Å². The smallest absolute Gasteiger partial charge is 0.260 e. The Morgan fingerprint density at radius 2 is 2.09 bits per heavy atom. The molecule has 0 radical (unpaired) electrons. The number of amides is 1. The van der Waals surface area contributed by atoms with Crippen molar-refractivity contribution in [1.29, 1.82) is 0 Å². The van der Waals surface area contributed by atoms with E-state index >= 15 is 0 Å². The number of thiophene rings is 1. The summed E-state index contributed by atoms with van der Waals surface area (Å²) in [6.45, 7) is 3.89. The zero-order chi connectivity index (χ0) is 16.3. The van der Waals surface area contributed by atoms with E-state index in [1.807, 2.05) is 19.9 Å². The Labute approximate surface area is 136 Å². The minimum Gasteiger partial charge on any atom is -0.459 e. The van der Waals surface area contributed by atoms with Crippen molar-refractivity contribution in [2.45, 2.75) is 32.6 Å². The third-order valence-corrected chi connectivity index (χ3v) is 5.29. The van der Waals surface area contributed by atoms with Crippen LogP contribution in [-0.2, 0) is 0 Å². The summed E-state index contributed by atoms with van der Waals surface area (Å²) in [5, 5.41) is 0.655. The van der Waals surface area contributed by atoms with Crippen LogP contribution < -0.4 is 11.5 Å². The Hall–Kier alpha value is -2.41. The van der Waals surface area contributed by atoms with Crippen LogP contribution >= 0.6 is 11.3 Å². The fourth-order valence-electron chi connectivity index (χ4n) is 2.61. The van der Waals surface area contributed by atoms with E-state index in [-0.39, 0.29) is 0 Å². The largest absolute Gasteiger partial charge is 0.459 e. The standard InChI is InChI=1S/C16H16N4O2S/c1-6-5-9(22-7(6)2)12-10-11(17)13(14(18)21)23-16(10)20-15(19-12)8-3-4-8/h5,8H,3-4,17H2,1-2H3,(H2,18,21). The molecule has 0 aliphatic heterocycles. The summed E-state index contributed by atoms with van der Waals surface area (Å²) in [6.07, 6.45) is 2.18. The molecule has 3 heterocycles. The zero-order valence-electron chi connectivity index (χ0n) is 12.8. The number of aromatic nitrogens is 2. The van der Waals surface area contributed by atoms with E-state index in [2.05, 4.69) is 4.98 Å². The summed E-state index contributed by atoms with van der Waals surface area (Å²) < 4.78 is 5.83. The first kappa shape index (κ1) is 14.2. The monoisotopic (exact) mass is 328 g/mol. The number of carbonyl (C=O) groups is 1. The molecule has 0 atom stereocenters. The number of hydrogen-bond donors (Lipinski definition) is 2. The van der Waals surface area contributed by atoms with Gasteiger partial charge in [0.1, 0.15) is 27.0 Å². The molecular weight excluding hydrogens is 312 g/mol. The summed E-state index contributed by atoms with van der Waals surface area (Å²) in [5.74, 6) is 2.11. The van der Waals surface area contributed by atoms with Gasteiger partial charge in [-0.15, -0.1) is 11.3 Å². The molecule has 1 fully saturated rings. The number of carbonyl (C=O) groups excluding carboxylic acids is 1. The molecule has 1 aliphatic carbocycles. The van der Waals surface area contributed by atoms with Crippen molar-refractivity contribution in [2.75, 3.05) is 5.73 Å². The molecule has 7 heteroatoms. The lowest BCUT2D eigenvalue weighted by Crippen LogP contribution is -2.10. The second-order valence-corrected chi connectivity index (χ2v) is 6.94. The van der Waals surface area contributed by atoms with Crippen LogP contribution in [0.5, 0.6) is 0 Å². The SMILES string of the molecule is Cc1cc(-c2nc(C3CC3)nc3sc(C(N)=O)c(N)c23)oc1C. The maximum Gasteiger partial charge on any atom is 0.260 e. The van der Waals surface area contributed by atoms with Crippen LogP contribution in [0.1, 0.15) is 45.6 Å². The van der Waals surface area contributed by atoms with E-state index in [0.29, 0.717) is 38.2 Å². The molecule has 6 nitrogen and oxygen atoms in total. The number of anilines is 1. The lowest BCUT2D eigenvalue weighted by molar-refractivity contribution is 0.100. The van der Waals surface area contributed by atoms with Crippen molar-refractivity contribution in [1.82, 2.24) is 9.97 Å². The molecule has 4 N–H and O–H groups in total. The number of nitrogens with zero attached hydrogens (tertiary/aromatic N) is 2. The van der Waals surface area contributed by atoms with Crippen molar-refractivity contribution < 1.29 is 9.21 Å². The van der Waals surface area contributed by atoms with E-state index in [0.717, 1.165) is 30.0 Å². The minimum atomic E-state index is -0.545. The van der Waals surface area contributed by atoms with Gasteiger partial charge >= 0.3 is 0 Å². The van der Waals surface area contributed by atoms with E-state index in [1.165, 1.54) is 11.3 Å². The Balaban J connectivity index is 2.04. The van der Waals surface area contributed by atoms with Crippen molar-refractivity contribution in [3.8, 4) is 11.5 Å². The highest BCUT2D eigenvalue weighted by atomic mass is 32.1. The Morgan fingerprint density at radius 1 is 1.35 bits per heavy atom. The molecule has 118 valence electrons. The van der Waals surface area contributed by atoms with Gasteiger partial charge in [-0.25, -0.2) is 9.97 Å². The van der Waals surface area contributed by atoms with Crippen molar-refractivity contribution in [3.05, 3.63) is 28.1 Å². The normalized spacial score (nSPS) is 14.5. The predicted octanol–water partition coefficient (Wildman–Crippen LogP) is 3.13. The van der Waals surface area contributed by atoms with Crippen molar-refractivity contribution >= 4 is 33.1 Å². The highest BCUT2D eigenvalue weighted by Gasteiger charge is 2.30. The second kappa shape index (κ2) is 4.79. The lowest BCUT2D eigenvalue weighted by atomic mass is 10.1. The van der Waals surface area contributed by atoms with Gasteiger partial charge in [0.2, 0.25) is 0 Å². The van der Waals surface area contributed by atoms with E-state index < -0.39 is 5.91 Å². The molecule has 3 aromatic heterocycles. The molecule has 0 unspecified atom stereocenters. The van der Waals surface area contributed by atoms with E-state index in [4.69, 9.17) is 20.9 Å². The number of primary amides is 1. The fraction of sp³-hybridized carbons (Fsp3) is 0.312. The van der Waals surface area contributed by atoms with Gasteiger partial charge < -0.3 is 15.9 Å². The maximum absolute atomic E-state index is 11.6. The first-order chi connectivity index (χ1) is 11.0. The zero-order valence-corrected chi connectivity index (χ0v) is 13.7. The van der Waals surface area contributed by atoms with Gasteiger partial charge in [0, 0.05) is 5.92 Å². The molecule has 4 rings (SSSR count). The number of aryl methyl sites for hydroxylation is 2. The number of nitrogen functional groups attached to an aromatic ring is 1. The summed E-state index contributed by atoms with van der Waals surface area (Å²) in [5.41, 5.74) is 13.6. The molecule has 0 aromatic carbocycles. The highest BCUT2D eigenvalue weighted by Crippen LogP contribution is 2.43. The summed E-state index contributed by atoms with van der Waals surface area (Å²) >= 11 is 1.22. The first-order valence-corrected chi connectivity index (χ1v) is 8.24. The summed E-state index contributed by atoms with van der Waals surface area (Å²) in [4.78, 5) is 21.9. The van der Waals surface area contributed by atoms with Crippen LogP contribution in [0.4, 0.5) is 5.69 Å². The number of furan rings is 1. The lowest BCUT2D eigenvalue weighted by Gasteiger charge is -2.04. The van der Waals surface area contributed by atoms with Crippen LogP contribution in [0, 0.1) is 13.8 Å². The molecule has 0 spiro atoms. The number of rotatable bonds is 3. The van der Waals surface area contributed by atoms with Gasteiger partial charge in [-0.05, 0) is 38.3 Å². The van der Waals surface area contributed by atoms with Gasteiger partial charge in [-0.2, -0.15) is 0 Å². The first-order valence-electron chi connectivity index (χ1n) is 7.42. The van der Waals surface area contributed by atoms with Gasteiger partial charge in [0.15, 0.2) is 5.76 Å². The molecule has 3 aromatic rings. The number of nitrogens with two attached hydrogens (primary N) is 2. The van der Waals surface area contributed by atoms with Crippen LogP contribution in [-0.4, -0.2) is 15.9 Å². The summed E-state index contributed by atoms with van der Waals surface area (Å²) in [7, 11) is 0. The molecule has 0 saturated heterocycles. The molecule has 1 amide bonds. The topological polar surface area (TPSA) is 108 Å². The molecule has 1 saturated carbocycles.